The van der Waals surface area contributed by atoms with Gasteiger partial charge in [-0.05, 0) is 61.4 Å². The van der Waals surface area contributed by atoms with E-state index >= 15 is 0 Å². The van der Waals surface area contributed by atoms with Crippen LogP contribution < -0.4 is 9.47 Å². The zero-order chi connectivity index (χ0) is 19.7. The lowest BCUT2D eigenvalue weighted by Gasteiger charge is -2.10. The number of aryl methyl sites for hydroxylation is 1. The van der Waals surface area contributed by atoms with Crippen molar-refractivity contribution in [2.24, 2.45) is 0 Å². The molecule has 0 heterocycles. The maximum Gasteiger partial charge on any atom is 0.416 e. The number of benzene rings is 2. The minimum absolute atomic E-state index is 0.106. The van der Waals surface area contributed by atoms with Gasteiger partial charge in [0.15, 0.2) is 0 Å². The lowest BCUT2D eigenvalue weighted by molar-refractivity contribution is -0.245. The van der Waals surface area contributed by atoms with Gasteiger partial charge in [0.1, 0.15) is 24.7 Å². The van der Waals surface area contributed by atoms with E-state index in [0.717, 1.165) is 40.5 Å². The molecule has 2 aromatic rings. The van der Waals surface area contributed by atoms with Crippen molar-refractivity contribution in [3.05, 3.63) is 53.6 Å². The van der Waals surface area contributed by atoms with E-state index < -0.39 is 11.7 Å². The fraction of sp³-hybridized carbons (Fsp3) is 0.368. The summed E-state index contributed by atoms with van der Waals surface area (Å²) in [6.07, 6.45) is -3.57. The Bertz CT molecular complexity index is 705. The lowest BCUT2D eigenvalue weighted by atomic mass is 10.2. The van der Waals surface area contributed by atoms with E-state index in [9.17, 15) is 13.2 Å². The summed E-state index contributed by atoms with van der Waals surface area (Å²) in [5, 5.41) is 8.28. The summed E-state index contributed by atoms with van der Waals surface area (Å²) in [5.74, 6) is 1.98. The zero-order valence-electron chi connectivity index (χ0n) is 14.8. The van der Waals surface area contributed by atoms with Crippen molar-refractivity contribution >= 4 is 11.8 Å². The van der Waals surface area contributed by atoms with Gasteiger partial charge in [-0.2, -0.15) is 13.2 Å². The molecule has 0 bridgehead atoms. The topological polar surface area (TPSA) is 47.9 Å². The molecule has 0 atom stereocenters. The van der Waals surface area contributed by atoms with Gasteiger partial charge in [0.25, 0.3) is 0 Å². The second kappa shape index (κ2) is 10.4. The first kappa shape index (κ1) is 21.4. The van der Waals surface area contributed by atoms with Gasteiger partial charge < -0.3 is 9.47 Å². The van der Waals surface area contributed by atoms with Crippen molar-refractivity contribution in [3.63, 3.8) is 0 Å². The predicted molar refractivity (Wildman–Crippen MR) is 97.5 cm³/mol. The molecule has 4 nitrogen and oxygen atoms in total. The van der Waals surface area contributed by atoms with E-state index in [1.54, 1.807) is 11.8 Å². The van der Waals surface area contributed by atoms with Gasteiger partial charge in [0.05, 0.1) is 12.2 Å². The summed E-state index contributed by atoms with van der Waals surface area (Å²) in [5.41, 5.74) is 0.302. The predicted octanol–water partition coefficient (Wildman–Crippen LogP) is 5.44. The smallest absolute Gasteiger partial charge is 0.416 e. The largest absolute Gasteiger partial charge is 0.494 e. The molecule has 0 aromatic heterocycles. The van der Waals surface area contributed by atoms with Crippen LogP contribution >= 0.6 is 11.8 Å². The average molecular weight is 402 g/mol. The van der Waals surface area contributed by atoms with Crippen molar-refractivity contribution in [2.45, 2.75) is 24.4 Å². The first-order chi connectivity index (χ1) is 12.9. The molecule has 2 rings (SSSR count). The summed E-state index contributed by atoms with van der Waals surface area (Å²) in [6.45, 7) is 2.74. The van der Waals surface area contributed by atoms with Gasteiger partial charge in [-0.3, -0.25) is 5.26 Å². The van der Waals surface area contributed by atoms with E-state index in [-0.39, 0.29) is 13.2 Å². The van der Waals surface area contributed by atoms with Crippen molar-refractivity contribution < 1.29 is 32.8 Å². The van der Waals surface area contributed by atoms with Crippen LogP contribution in [0.25, 0.3) is 0 Å². The van der Waals surface area contributed by atoms with Crippen LogP contribution in [0.2, 0.25) is 0 Å². The third-order valence-corrected chi connectivity index (χ3v) is 4.67. The molecule has 2 aromatic carbocycles. The van der Waals surface area contributed by atoms with Gasteiger partial charge in [-0.1, -0.05) is 0 Å². The van der Waals surface area contributed by atoms with E-state index in [2.05, 4.69) is 4.89 Å². The molecular weight excluding hydrogens is 381 g/mol. The normalized spacial score (nSPS) is 11.4. The first-order valence-corrected chi connectivity index (χ1v) is 9.31. The lowest BCUT2D eigenvalue weighted by Crippen LogP contribution is -2.05. The Kier molecular flexibility index (Phi) is 8.27. The number of hydrogen-bond donors (Lipinski definition) is 1. The van der Waals surface area contributed by atoms with Crippen LogP contribution in [0.15, 0.2) is 47.4 Å². The molecule has 0 amide bonds. The summed E-state index contributed by atoms with van der Waals surface area (Å²) >= 11 is 1.66. The fourth-order valence-electron chi connectivity index (χ4n) is 2.24. The van der Waals surface area contributed by atoms with Gasteiger partial charge in [-0.15, -0.1) is 11.8 Å². The van der Waals surface area contributed by atoms with E-state index in [1.165, 1.54) is 12.1 Å². The average Bonchev–Trinajstić information content (AvgIpc) is 2.63. The van der Waals surface area contributed by atoms with E-state index in [1.807, 2.05) is 25.1 Å². The molecule has 0 saturated heterocycles. The minimum Gasteiger partial charge on any atom is -0.494 e. The number of alkyl halides is 3. The molecule has 0 saturated carbocycles. The highest BCUT2D eigenvalue weighted by Crippen LogP contribution is 2.30. The maximum atomic E-state index is 12.5. The third-order valence-electron chi connectivity index (χ3n) is 3.59. The molecule has 0 spiro atoms. The minimum atomic E-state index is -4.33. The zero-order valence-corrected chi connectivity index (χ0v) is 15.6. The highest BCUT2D eigenvalue weighted by Gasteiger charge is 2.29. The van der Waals surface area contributed by atoms with Crippen molar-refractivity contribution in [2.75, 3.05) is 25.6 Å². The Balaban J connectivity index is 1.70. The van der Waals surface area contributed by atoms with Crippen LogP contribution in [0.1, 0.15) is 17.5 Å². The summed E-state index contributed by atoms with van der Waals surface area (Å²) in [7, 11) is 0. The first-order valence-electron chi connectivity index (χ1n) is 8.33. The molecule has 148 valence electrons. The molecule has 8 heteroatoms. The number of thioether (sulfide) groups is 1. The third kappa shape index (κ3) is 7.32. The van der Waals surface area contributed by atoms with Crippen LogP contribution in [-0.4, -0.2) is 30.8 Å². The monoisotopic (exact) mass is 402 g/mol. The highest BCUT2D eigenvalue weighted by molar-refractivity contribution is 7.99. The van der Waals surface area contributed by atoms with Gasteiger partial charge in [-0.25, -0.2) is 4.89 Å². The standard InChI is InChI=1S/C19H21F3O4S/c1-14-13-17(7-8-18(14)25-10-11-26-23)27-12-2-9-24-16-5-3-15(4-6-16)19(20,21)22/h3-8,13,23H,2,9-12H2,1H3. The van der Waals surface area contributed by atoms with Gasteiger partial charge >= 0.3 is 6.18 Å². The van der Waals surface area contributed by atoms with Gasteiger partial charge in [0.2, 0.25) is 0 Å². The molecule has 0 fully saturated rings. The summed E-state index contributed by atoms with van der Waals surface area (Å²) < 4.78 is 48.4. The fourth-order valence-corrected chi connectivity index (χ4v) is 3.16. The Labute approximate surface area is 160 Å². The Morgan fingerprint density at radius 2 is 1.70 bits per heavy atom. The van der Waals surface area contributed by atoms with Crippen molar-refractivity contribution in [1.29, 1.82) is 0 Å². The quantitative estimate of drug-likeness (QED) is 0.248. The summed E-state index contributed by atoms with van der Waals surface area (Å²) in [4.78, 5) is 5.06. The number of halogens is 3. The highest BCUT2D eigenvalue weighted by atomic mass is 32.2. The molecule has 0 aliphatic carbocycles. The molecule has 0 aliphatic rings. The second-order valence-corrected chi connectivity index (χ2v) is 6.85. The van der Waals surface area contributed by atoms with Crippen molar-refractivity contribution in [1.82, 2.24) is 0 Å². The SMILES string of the molecule is Cc1cc(SCCCOc2ccc(C(F)(F)F)cc2)ccc1OCCOO. The van der Waals surface area contributed by atoms with Crippen LogP contribution in [-0.2, 0) is 11.1 Å². The van der Waals surface area contributed by atoms with Crippen LogP contribution in [0, 0.1) is 6.92 Å². The van der Waals surface area contributed by atoms with E-state index in [4.69, 9.17) is 14.7 Å². The maximum absolute atomic E-state index is 12.5. The summed E-state index contributed by atoms with van der Waals surface area (Å²) in [6, 6.07) is 10.5. The van der Waals surface area contributed by atoms with Crippen LogP contribution in [0.3, 0.4) is 0 Å². The second-order valence-electron chi connectivity index (χ2n) is 5.68. The van der Waals surface area contributed by atoms with Gasteiger partial charge in [0, 0.05) is 10.6 Å². The molecule has 0 aliphatic heterocycles. The molecule has 27 heavy (non-hydrogen) atoms. The number of rotatable bonds is 10. The number of hydrogen-bond acceptors (Lipinski definition) is 5. The Morgan fingerprint density at radius 1 is 0.963 bits per heavy atom. The Hall–Kier alpha value is -1.90. The number of ether oxygens (including phenoxy) is 2. The van der Waals surface area contributed by atoms with E-state index in [0.29, 0.717) is 12.4 Å². The molecule has 0 unspecified atom stereocenters. The van der Waals surface area contributed by atoms with Crippen LogP contribution in [0.4, 0.5) is 13.2 Å². The molecular formula is C19H21F3O4S. The molecule has 0 radical (unpaired) electrons. The Morgan fingerprint density at radius 3 is 2.33 bits per heavy atom. The van der Waals surface area contributed by atoms with Crippen molar-refractivity contribution in [3.8, 4) is 11.5 Å². The molecule has 1 N–H and O–H groups in total. The van der Waals surface area contributed by atoms with Crippen LogP contribution in [0.5, 0.6) is 11.5 Å².